The predicted octanol–water partition coefficient (Wildman–Crippen LogP) is 4.79. The summed E-state index contributed by atoms with van der Waals surface area (Å²) in [6, 6.07) is 4.82. The van der Waals surface area contributed by atoms with Gasteiger partial charge in [-0.2, -0.15) is 0 Å². The molecule has 2 aromatic rings. The molecule has 1 heterocycles. The molecule has 0 aliphatic heterocycles. The lowest BCUT2D eigenvalue weighted by Gasteiger charge is -2.17. The Bertz CT molecular complexity index is 759. The van der Waals surface area contributed by atoms with Crippen LogP contribution in [0.25, 0.3) is 11.1 Å². The van der Waals surface area contributed by atoms with Crippen LogP contribution in [0.4, 0.5) is 21.6 Å². The van der Waals surface area contributed by atoms with E-state index in [-0.39, 0.29) is 5.82 Å². The summed E-state index contributed by atoms with van der Waals surface area (Å²) < 4.78 is 14.4. The highest BCUT2D eigenvalue weighted by Gasteiger charge is 2.20. The van der Waals surface area contributed by atoms with Crippen molar-refractivity contribution in [3.63, 3.8) is 0 Å². The molecule has 0 saturated heterocycles. The smallest absolute Gasteiger partial charge is 0.149 e. The van der Waals surface area contributed by atoms with Gasteiger partial charge in [-0.3, -0.25) is 0 Å². The lowest BCUT2D eigenvalue weighted by atomic mass is 10.0. The minimum absolute atomic E-state index is 0.334. The zero-order valence-electron chi connectivity index (χ0n) is 14.6. The number of anilines is 3. The van der Waals surface area contributed by atoms with Crippen molar-refractivity contribution in [2.75, 3.05) is 36.6 Å². The summed E-state index contributed by atoms with van der Waals surface area (Å²) in [5, 5.41) is 3.75. The Labute approximate surface area is 153 Å². The van der Waals surface area contributed by atoms with Crippen LogP contribution in [0.15, 0.2) is 24.4 Å². The number of hydrogen-bond donors (Lipinski definition) is 2. The van der Waals surface area contributed by atoms with Crippen molar-refractivity contribution in [3.05, 3.63) is 35.2 Å². The predicted molar refractivity (Wildman–Crippen MR) is 104 cm³/mol. The maximum atomic E-state index is 14.4. The molecule has 1 aromatic heterocycles. The van der Waals surface area contributed by atoms with Crippen LogP contribution >= 0.6 is 11.6 Å². The number of pyridine rings is 1. The lowest BCUT2D eigenvalue weighted by molar-refractivity contribution is 0.626. The number of nitrogens with zero attached hydrogens (tertiary/aromatic N) is 2. The van der Waals surface area contributed by atoms with Gasteiger partial charge in [0.2, 0.25) is 0 Å². The molecule has 1 aliphatic rings. The maximum Gasteiger partial charge on any atom is 0.149 e. The molecule has 0 unspecified atom stereocenters. The first-order valence-electron chi connectivity index (χ1n) is 8.62. The molecule has 0 atom stereocenters. The van der Waals surface area contributed by atoms with E-state index in [4.69, 9.17) is 17.3 Å². The summed E-state index contributed by atoms with van der Waals surface area (Å²) in [4.78, 5) is 6.00. The maximum absolute atomic E-state index is 14.4. The molecule has 134 valence electrons. The van der Waals surface area contributed by atoms with Crippen LogP contribution in [-0.2, 0) is 0 Å². The van der Waals surface area contributed by atoms with Crippen molar-refractivity contribution in [1.82, 2.24) is 4.98 Å². The fourth-order valence-electron chi connectivity index (χ4n) is 2.94. The van der Waals surface area contributed by atoms with Crippen LogP contribution in [0, 0.1) is 11.7 Å². The van der Waals surface area contributed by atoms with Gasteiger partial charge < -0.3 is 16.0 Å². The second-order valence-corrected chi connectivity index (χ2v) is 7.22. The summed E-state index contributed by atoms with van der Waals surface area (Å²) in [5.41, 5.74) is 8.47. The van der Waals surface area contributed by atoms with Gasteiger partial charge in [-0.05, 0) is 37.0 Å². The zero-order chi connectivity index (χ0) is 18.0. The summed E-state index contributed by atoms with van der Waals surface area (Å²) in [6.45, 7) is 0.832. The molecule has 0 radical (unpaired) electrons. The minimum atomic E-state index is -0.334. The van der Waals surface area contributed by atoms with Gasteiger partial charge in [0, 0.05) is 38.0 Å². The third-order valence-electron chi connectivity index (χ3n) is 4.58. The van der Waals surface area contributed by atoms with E-state index in [0.29, 0.717) is 33.3 Å². The Morgan fingerprint density at radius 3 is 2.76 bits per heavy atom. The first-order chi connectivity index (χ1) is 12.0. The summed E-state index contributed by atoms with van der Waals surface area (Å²) >= 11 is 6.38. The van der Waals surface area contributed by atoms with E-state index in [2.05, 4.69) is 10.3 Å². The van der Waals surface area contributed by atoms with E-state index < -0.39 is 0 Å². The molecule has 0 amide bonds. The Hall–Kier alpha value is -2.01. The standard InChI is InChI=1S/C19H24ClFN4/c1-25(2)17-11-15(20)14(10-16(17)21)13-7-9-24-19(18(13)22)23-8-3-4-12-5-6-12/h7,9-12H,3-6,8,22H2,1-2H3,(H,23,24). The van der Waals surface area contributed by atoms with Crippen molar-refractivity contribution in [1.29, 1.82) is 0 Å². The van der Waals surface area contributed by atoms with Gasteiger partial charge in [-0.1, -0.05) is 24.4 Å². The molecule has 4 nitrogen and oxygen atoms in total. The highest BCUT2D eigenvalue weighted by atomic mass is 35.5. The first-order valence-corrected chi connectivity index (χ1v) is 9.00. The van der Waals surface area contributed by atoms with E-state index >= 15 is 0 Å². The van der Waals surface area contributed by atoms with Gasteiger partial charge in [0.1, 0.15) is 11.6 Å². The molecule has 1 aromatic carbocycles. The molecule has 3 N–H and O–H groups in total. The Balaban J connectivity index is 1.82. The second kappa shape index (κ2) is 7.48. The molecule has 1 fully saturated rings. The largest absolute Gasteiger partial charge is 0.395 e. The van der Waals surface area contributed by atoms with E-state index in [9.17, 15) is 4.39 Å². The number of halogens is 2. The van der Waals surface area contributed by atoms with E-state index in [1.807, 2.05) is 0 Å². The monoisotopic (exact) mass is 362 g/mol. The first kappa shape index (κ1) is 17.8. The Kier molecular flexibility index (Phi) is 5.33. The van der Waals surface area contributed by atoms with Gasteiger partial charge in [0.15, 0.2) is 0 Å². The topological polar surface area (TPSA) is 54.2 Å². The number of rotatable bonds is 7. The van der Waals surface area contributed by atoms with Crippen LogP contribution in [0.3, 0.4) is 0 Å². The van der Waals surface area contributed by atoms with E-state index in [1.54, 1.807) is 37.3 Å². The second-order valence-electron chi connectivity index (χ2n) is 6.81. The van der Waals surface area contributed by atoms with E-state index in [1.165, 1.54) is 25.3 Å². The van der Waals surface area contributed by atoms with E-state index in [0.717, 1.165) is 18.9 Å². The molecular weight excluding hydrogens is 339 g/mol. The molecule has 3 rings (SSSR count). The van der Waals surface area contributed by atoms with Gasteiger partial charge in [0.25, 0.3) is 0 Å². The van der Waals surface area contributed by atoms with Gasteiger partial charge in [0.05, 0.1) is 16.4 Å². The van der Waals surface area contributed by atoms with Crippen LogP contribution in [-0.4, -0.2) is 25.6 Å². The molecule has 25 heavy (non-hydrogen) atoms. The molecule has 1 saturated carbocycles. The molecule has 0 bridgehead atoms. The zero-order valence-corrected chi connectivity index (χ0v) is 15.4. The third-order valence-corrected chi connectivity index (χ3v) is 4.89. The lowest BCUT2D eigenvalue weighted by Crippen LogP contribution is -2.11. The normalized spacial score (nSPS) is 13.8. The SMILES string of the molecule is CN(C)c1cc(Cl)c(-c2ccnc(NCCCC3CC3)c2N)cc1F. The number of benzene rings is 1. The fourth-order valence-corrected chi connectivity index (χ4v) is 3.20. The van der Waals surface area contributed by atoms with Gasteiger partial charge >= 0.3 is 0 Å². The highest BCUT2D eigenvalue weighted by Crippen LogP contribution is 2.38. The quantitative estimate of drug-likeness (QED) is 0.695. The summed E-state index contributed by atoms with van der Waals surface area (Å²) in [6.07, 6.45) is 6.74. The summed E-state index contributed by atoms with van der Waals surface area (Å²) in [5.74, 6) is 1.21. The van der Waals surface area contributed by atoms with Gasteiger partial charge in [-0.15, -0.1) is 0 Å². The van der Waals surface area contributed by atoms with Crippen molar-refractivity contribution in [3.8, 4) is 11.1 Å². The molecule has 1 aliphatic carbocycles. The van der Waals surface area contributed by atoms with Crippen LogP contribution in [0.1, 0.15) is 25.7 Å². The van der Waals surface area contributed by atoms with Crippen LogP contribution in [0.5, 0.6) is 0 Å². The number of nitrogens with two attached hydrogens (primary N) is 1. The van der Waals surface area contributed by atoms with Gasteiger partial charge in [-0.25, -0.2) is 9.37 Å². The van der Waals surface area contributed by atoms with Crippen LogP contribution < -0.4 is 16.0 Å². The highest BCUT2D eigenvalue weighted by molar-refractivity contribution is 6.33. The summed E-state index contributed by atoms with van der Waals surface area (Å²) in [7, 11) is 3.55. The minimum Gasteiger partial charge on any atom is -0.395 e. The molecule has 6 heteroatoms. The van der Waals surface area contributed by atoms with Crippen molar-refractivity contribution in [2.45, 2.75) is 25.7 Å². The van der Waals surface area contributed by atoms with Crippen molar-refractivity contribution >= 4 is 28.8 Å². The van der Waals surface area contributed by atoms with Crippen molar-refractivity contribution < 1.29 is 4.39 Å². The average molecular weight is 363 g/mol. The number of nitrogens with one attached hydrogen (secondary N) is 1. The number of aromatic nitrogens is 1. The average Bonchev–Trinajstić information content (AvgIpc) is 3.39. The fraction of sp³-hybridized carbons (Fsp3) is 0.421. The molecular formula is C19H24ClFN4. The Morgan fingerprint density at radius 2 is 2.08 bits per heavy atom. The number of nitrogen functional groups attached to an aromatic ring is 1. The Morgan fingerprint density at radius 1 is 1.32 bits per heavy atom. The van der Waals surface area contributed by atoms with Crippen molar-refractivity contribution in [2.24, 2.45) is 5.92 Å². The van der Waals surface area contributed by atoms with Crippen LogP contribution in [0.2, 0.25) is 5.02 Å². The number of hydrogen-bond acceptors (Lipinski definition) is 4. The third kappa shape index (κ3) is 4.15. The molecule has 0 spiro atoms.